The Balaban J connectivity index is 2.21. The normalized spacial score (nSPS) is 18.8. The van der Waals surface area contributed by atoms with Crippen LogP contribution in [-0.2, 0) is 4.74 Å². The minimum Gasteiger partial charge on any atom is -0.465 e. The second kappa shape index (κ2) is 5.05. The zero-order chi connectivity index (χ0) is 13.3. The van der Waals surface area contributed by atoms with Crippen molar-refractivity contribution in [3.63, 3.8) is 0 Å². The molecule has 0 aromatic carbocycles. The lowest BCUT2D eigenvalue weighted by Crippen LogP contribution is -2.40. The average molecular weight is 289 g/mol. The van der Waals surface area contributed by atoms with Gasteiger partial charge in [-0.25, -0.2) is 9.78 Å². The first-order chi connectivity index (χ1) is 8.43. The summed E-state index contributed by atoms with van der Waals surface area (Å²) in [6.45, 7) is 6.40. The van der Waals surface area contributed by atoms with Crippen molar-refractivity contribution in [1.29, 1.82) is 0 Å². The predicted octanol–water partition coefficient (Wildman–Crippen LogP) is 3.21. The van der Waals surface area contributed by atoms with Crippen molar-refractivity contribution in [2.24, 2.45) is 5.41 Å². The van der Waals surface area contributed by atoms with Crippen molar-refractivity contribution < 1.29 is 9.53 Å². The van der Waals surface area contributed by atoms with Crippen LogP contribution in [0.5, 0.6) is 0 Å². The zero-order valence-corrected chi connectivity index (χ0v) is 12.4. The first kappa shape index (κ1) is 13.6. The van der Waals surface area contributed by atoms with Crippen LogP contribution in [0.25, 0.3) is 0 Å². The molecule has 0 spiro atoms. The molecular formula is C12H17ClN2O2S. The molecule has 6 heteroatoms. The van der Waals surface area contributed by atoms with Crippen molar-refractivity contribution in [1.82, 2.24) is 4.98 Å². The third-order valence-corrected chi connectivity index (χ3v) is 4.60. The predicted molar refractivity (Wildman–Crippen MR) is 73.7 cm³/mol. The number of ether oxygens (including phenoxy) is 1. The van der Waals surface area contributed by atoms with Gasteiger partial charge >= 0.3 is 5.97 Å². The maximum absolute atomic E-state index is 11.5. The molecule has 1 aromatic heterocycles. The van der Waals surface area contributed by atoms with Gasteiger partial charge in [-0.1, -0.05) is 36.8 Å². The second-order valence-corrected chi connectivity index (χ2v) is 6.63. The second-order valence-electron chi connectivity index (χ2n) is 5.30. The molecule has 0 unspecified atom stereocenters. The van der Waals surface area contributed by atoms with Gasteiger partial charge < -0.3 is 9.64 Å². The SMILES string of the molecule is COC(=O)c1sc(N2CCCC(C)(C)C2)nc1Cl. The van der Waals surface area contributed by atoms with E-state index >= 15 is 0 Å². The average Bonchev–Trinajstić information content (AvgIpc) is 2.69. The molecule has 0 saturated carbocycles. The summed E-state index contributed by atoms with van der Waals surface area (Å²) in [6.07, 6.45) is 2.35. The van der Waals surface area contributed by atoms with E-state index in [-0.39, 0.29) is 10.6 Å². The van der Waals surface area contributed by atoms with Gasteiger partial charge in [-0.05, 0) is 18.3 Å². The lowest BCUT2D eigenvalue weighted by Gasteiger charge is -2.37. The largest absolute Gasteiger partial charge is 0.465 e. The fourth-order valence-corrected chi connectivity index (χ4v) is 3.46. The van der Waals surface area contributed by atoms with Gasteiger partial charge in [0.1, 0.15) is 0 Å². The van der Waals surface area contributed by atoms with Gasteiger partial charge in [0, 0.05) is 13.1 Å². The fraction of sp³-hybridized carbons (Fsp3) is 0.667. The number of halogens is 1. The first-order valence-electron chi connectivity index (χ1n) is 5.92. The quantitative estimate of drug-likeness (QED) is 0.784. The highest BCUT2D eigenvalue weighted by Gasteiger charge is 2.29. The summed E-state index contributed by atoms with van der Waals surface area (Å²) in [6, 6.07) is 0. The van der Waals surface area contributed by atoms with Gasteiger partial charge in [0.05, 0.1) is 7.11 Å². The number of anilines is 1. The number of methoxy groups -OCH3 is 1. The number of nitrogens with zero attached hydrogens (tertiary/aromatic N) is 2. The number of rotatable bonds is 2. The smallest absolute Gasteiger partial charge is 0.351 e. The number of esters is 1. The van der Waals surface area contributed by atoms with Crippen LogP contribution < -0.4 is 4.90 Å². The summed E-state index contributed by atoms with van der Waals surface area (Å²) in [5.74, 6) is -0.417. The van der Waals surface area contributed by atoms with Crippen LogP contribution in [0, 0.1) is 5.41 Å². The molecule has 0 radical (unpaired) electrons. The van der Waals surface area contributed by atoms with E-state index < -0.39 is 5.97 Å². The zero-order valence-electron chi connectivity index (χ0n) is 10.8. The van der Waals surface area contributed by atoms with Gasteiger partial charge in [0.15, 0.2) is 15.2 Å². The van der Waals surface area contributed by atoms with Crippen LogP contribution in [0.4, 0.5) is 5.13 Å². The topological polar surface area (TPSA) is 42.4 Å². The third kappa shape index (κ3) is 2.78. The number of thiazole rings is 1. The molecule has 4 nitrogen and oxygen atoms in total. The Labute approximate surface area is 116 Å². The van der Waals surface area contributed by atoms with Gasteiger partial charge in [-0.2, -0.15) is 0 Å². The summed E-state index contributed by atoms with van der Waals surface area (Å²) in [4.78, 5) is 18.4. The Bertz CT molecular complexity index is 459. The summed E-state index contributed by atoms with van der Waals surface area (Å²) < 4.78 is 4.69. The van der Waals surface area contributed by atoms with E-state index in [0.717, 1.165) is 24.6 Å². The van der Waals surface area contributed by atoms with Crippen LogP contribution in [0.2, 0.25) is 5.15 Å². The monoisotopic (exact) mass is 288 g/mol. The van der Waals surface area contributed by atoms with Crippen LogP contribution in [0.1, 0.15) is 36.4 Å². The number of hydrogen-bond acceptors (Lipinski definition) is 5. The molecule has 0 aliphatic carbocycles. The first-order valence-corrected chi connectivity index (χ1v) is 7.12. The standard InChI is InChI=1S/C12H17ClN2O2S/c1-12(2)5-4-6-15(7-12)11-14-9(13)8(18-11)10(16)17-3/h4-7H2,1-3H3. The molecule has 0 atom stereocenters. The minimum atomic E-state index is -0.417. The molecule has 100 valence electrons. The van der Waals surface area contributed by atoms with Crippen molar-refractivity contribution in [3.05, 3.63) is 10.0 Å². The Kier molecular flexibility index (Phi) is 3.82. The maximum Gasteiger partial charge on any atom is 0.351 e. The highest BCUT2D eigenvalue weighted by molar-refractivity contribution is 7.18. The molecule has 2 heterocycles. The van der Waals surface area contributed by atoms with Crippen LogP contribution >= 0.6 is 22.9 Å². The fourth-order valence-electron chi connectivity index (χ4n) is 2.23. The number of carbonyl (C=O) groups excluding carboxylic acids is 1. The van der Waals surface area contributed by atoms with Gasteiger partial charge in [-0.3, -0.25) is 0 Å². The summed E-state index contributed by atoms with van der Waals surface area (Å²) in [5.41, 5.74) is 0.280. The Morgan fingerprint density at radius 2 is 2.28 bits per heavy atom. The number of carbonyl (C=O) groups is 1. The molecule has 1 aliphatic heterocycles. The van der Waals surface area contributed by atoms with E-state index in [1.807, 2.05) is 0 Å². The third-order valence-electron chi connectivity index (χ3n) is 3.12. The van der Waals surface area contributed by atoms with Crippen molar-refractivity contribution in [2.75, 3.05) is 25.1 Å². The molecular weight excluding hydrogens is 272 g/mol. The van der Waals surface area contributed by atoms with Crippen molar-refractivity contribution in [2.45, 2.75) is 26.7 Å². The van der Waals surface area contributed by atoms with E-state index in [4.69, 9.17) is 11.6 Å². The van der Waals surface area contributed by atoms with E-state index in [0.29, 0.717) is 4.88 Å². The van der Waals surface area contributed by atoms with Gasteiger partial charge in [0.25, 0.3) is 0 Å². The number of hydrogen-bond donors (Lipinski definition) is 0. The van der Waals surface area contributed by atoms with E-state index in [9.17, 15) is 4.79 Å². The number of piperidine rings is 1. The molecule has 1 fully saturated rings. The van der Waals surface area contributed by atoms with E-state index in [1.54, 1.807) is 0 Å². The Hall–Kier alpha value is -0.810. The molecule has 0 bridgehead atoms. The van der Waals surface area contributed by atoms with Crippen LogP contribution in [-0.4, -0.2) is 31.2 Å². The van der Waals surface area contributed by atoms with Crippen molar-refractivity contribution >= 4 is 34.0 Å². The Morgan fingerprint density at radius 3 is 2.89 bits per heavy atom. The number of aromatic nitrogens is 1. The van der Waals surface area contributed by atoms with E-state index in [1.165, 1.54) is 24.9 Å². The molecule has 18 heavy (non-hydrogen) atoms. The van der Waals surface area contributed by atoms with Crippen molar-refractivity contribution in [3.8, 4) is 0 Å². The molecule has 2 rings (SSSR count). The lowest BCUT2D eigenvalue weighted by molar-refractivity contribution is 0.0606. The summed E-state index contributed by atoms with van der Waals surface area (Å²) in [7, 11) is 1.35. The summed E-state index contributed by atoms with van der Waals surface area (Å²) in [5, 5.41) is 1.05. The van der Waals surface area contributed by atoms with Crippen LogP contribution in [0.3, 0.4) is 0 Å². The lowest BCUT2D eigenvalue weighted by atomic mass is 9.84. The molecule has 0 N–H and O–H groups in total. The van der Waals surface area contributed by atoms with Gasteiger partial charge in [-0.15, -0.1) is 0 Å². The molecule has 1 saturated heterocycles. The Morgan fingerprint density at radius 1 is 1.56 bits per heavy atom. The molecule has 1 aliphatic rings. The minimum absolute atomic E-state index is 0.241. The molecule has 1 aromatic rings. The van der Waals surface area contributed by atoms with Crippen LogP contribution in [0.15, 0.2) is 0 Å². The summed E-state index contributed by atoms with van der Waals surface area (Å²) >= 11 is 7.29. The van der Waals surface area contributed by atoms with Gasteiger partial charge in [0.2, 0.25) is 0 Å². The van der Waals surface area contributed by atoms with E-state index in [2.05, 4.69) is 28.5 Å². The maximum atomic E-state index is 11.5. The highest BCUT2D eigenvalue weighted by atomic mass is 35.5. The highest BCUT2D eigenvalue weighted by Crippen LogP contribution is 2.36. The molecule has 0 amide bonds.